The second-order valence-electron chi connectivity index (χ2n) is 4.61. The van der Waals surface area contributed by atoms with Crippen LogP contribution in [0.2, 0.25) is 5.02 Å². The van der Waals surface area contributed by atoms with E-state index in [0.29, 0.717) is 11.3 Å². The molecule has 0 aromatic heterocycles. The molecule has 0 saturated heterocycles. The molecule has 0 radical (unpaired) electrons. The second kappa shape index (κ2) is 7.60. The third-order valence-corrected chi connectivity index (χ3v) is 3.42. The van der Waals surface area contributed by atoms with Crippen LogP contribution in [-0.2, 0) is 11.2 Å². The van der Waals surface area contributed by atoms with Gasteiger partial charge >= 0.3 is 0 Å². The highest BCUT2D eigenvalue weighted by Gasteiger charge is 2.13. The van der Waals surface area contributed by atoms with Crippen molar-refractivity contribution < 1.29 is 18.7 Å². The van der Waals surface area contributed by atoms with Gasteiger partial charge in [-0.25, -0.2) is 4.39 Å². The average Bonchev–Trinajstić information content (AvgIpc) is 2.56. The van der Waals surface area contributed by atoms with Gasteiger partial charge in [0.05, 0.1) is 13.5 Å². The van der Waals surface area contributed by atoms with E-state index in [1.807, 2.05) is 0 Å². The Bertz CT molecular complexity index is 700. The fraction of sp³-hybridized carbons (Fsp3) is 0.125. The number of ether oxygens (including phenoxy) is 1. The average molecular weight is 337 g/mol. The first-order valence-electron chi connectivity index (χ1n) is 6.67. The number of hydrogen-bond acceptors (Lipinski definition) is 3. The van der Waals surface area contributed by atoms with Crippen molar-refractivity contribution in [1.29, 1.82) is 0 Å². The summed E-state index contributed by atoms with van der Waals surface area (Å²) in [5.74, 6) is -1.05. The largest absolute Gasteiger partial charge is 0.497 e. The predicted octanol–water partition coefficient (Wildman–Crippen LogP) is 2.49. The lowest BCUT2D eigenvalue weighted by Crippen LogP contribution is -2.42. The molecule has 2 rings (SSSR count). The molecule has 0 spiro atoms. The summed E-state index contributed by atoms with van der Waals surface area (Å²) in [6.45, 7) is 0. The van der Waals surface area contributed by atoms with Crippen molar-refractivity contribution in [2.24, 2.45) is 0 Å². The molecule has 2 aromatic rings. The fourth-order valence-electron chi connectivity index (χ4n) is 1.85. The van der Waals surface area contributed by atoms with Crippen molar-refractivity contribution >= 4 is 23.4 Å². The lowest BCUT2D eigenvalue weighted by Gasteiger charge is -2.09. The molecule has 0 unspecified atom stereocenters. The van der Waals surface area contributed by atoms with Crippen LogP contribution in [0.15, 0.2) is 42.5 Å². The molecular formula is C16H14ClFN2O3. The molecule has 0 heterocycles. The van der Waals surface area contributed by atoms with Crippen molar-refractivity contribution in [2.75, 3.05) is 7.11 Å². The van der Waals surface area contributed by atoms with Crippen molar-refractivity contribution in [1.82, 2.24) is 10.9 Å². The maximum Gasteiger partial charge on any atom is 0.269 e. The Morgan fingerprint density at radius 3 is 2.43 bits per heavy atom. The van der Waals surface area contributed by atoms with E-state index in [1.165, 1.54) is 25.3 Å². The Morgan fingerprint density at radius 2 is 1.83 bits per heavy atom. The lowest BCUT2D eigenvalue weighted by molar-refractivity contribution is -0.121. The lowest BCUT2D eigenvalue weighted by atomic mass is 10.1. The Kier molecular flexibility index (Phi) is 5.54. The molecule has 0 saturated carbocycles. The molecular weight excluding hydrogens is 323 g/mol. The van der Waals surface area contributed by atoms with Gasteiger partial charge in [0, 0.05) is 16.1 Å². The third-order valence-electron chi connectivity index (χ3n) is 3.07. The molecule has 120 valence electrons. The van der Waals surface area contributed by atoms with E-state index >= 15 is 0 Å². The highest BCUT2D eigenvalue weighted by Crippen LogP contribution is 2.19. The van der Waals surface area contributed by atoms with E-state index < -0.39 is 17.6 Å². The van der Waals surface area contributed by atoms with Crippen LogP contribution in [0.4, 0.5) is 4.39 Å². The first kappa shape index (κ1) is 16.8. The molecule has 0 aliphatic carbocycles. The van der Waals surface area contributed by atoms with E-state index in [0.717, 1.165) is 0 Å². The molecule has 7 heteroatoms. The molecule has 0 bridgehead atoms. The minimum Gasteiger partial charge on any atom is -0.497 e. The number of halogens is 2. The van der Waals surface area contributed by atoms with E-state index in [9.17, 15) is 14.0 Å². The highest BCUT2D eigenvalue weighted by molar-refractivity contribution is 6.31. The molecule has 23 heavy (non-hydrogen) atoms. The number of hydrazine groups is 1. The first-order valence-corrected chi connectivity index (χ1v) is 7.05. The van der Waals surface area contributed by atoms with Crippen LogP contribution in [0.3, 0.4) is 0 Å². The van der Waals surface area contributed by atoms with Crippen LogP contribution < -0.4 is 15.6 Å². The van der Waals surface area contributed by atoms with Gasteiger partial charge in [-0.15, -0.1) is 0 Å². The van der Waals surface area contributed by atoms with Crippen molar-refractivity contribution in [3.63, 3.8) is 0 Å². The van der Waals surface area contributed by atoms with E-state index in [1.54, 1.807) is 24.3 Å². The Balaban J connectivity index is 1.92. The standard InChI is InChI=1S/C16H14ClFN2O3/c1-23-11-7-5-10(6-8-11)16(22)20-19-15(21)9-12-13(17)3-2-4-14(12)18/h2-8H,9H2,1H3,(H,19,21)(H,20,22). The third kappa shape index (κ3) is 4.43. The van der Waals surface area contributed by atoms with Crippen LogP contribution in [0.25, 0.3) is 0 Å². The van der Waals surface area contributed by atoms with E-state index in [2.05, 4.69) is 10.9 Å². The van der Waals surface area contributed by atoms with Crippen LogP contribution >= 0.6 is 11.6 Å². The van der Waals surface area contributed by atoms with Crippen LogP contribution in [0.1, 0.15) is 15.9 Å². The number of carbonyl (C=O) groups excluding carboxylic acids is 2. The maximum atomic E-state index is 13.6. The van der Waals surface area contributed by atoms with Gasteiger partial charge in [0.2, 0.25) is 5.91 Å². The molecule has 2 amide bonds. The fourth-order valence-corrected chi connectivity index (χ4v) is 2.08. The van der Waals surface area contributed by atoms with Gasteiger partial charge in [-0.05, 0) is 36.4 Å². The van der Waals surface area contributed by atoms with Crippen molar-refractivity contribution in [2.45, 2.75) is 6.42 Å². The number of methoxy groups -OCH3 is 1. The normalized spacial score (nSPS) is 10.0. The molecule has 0 fully saturated rings. The number of nitrogens with one attached hydrogen (secondary N) is 2. The number of hydrogen-bond donors (Lipinski definition) is 2. The van der Waals surface area contributed by atoms with Gasteiger partial charge in [-0.1, -0.05) is 17.7 Å². The number of amides is 2. The highest BCUT2D eigenvalue weighted by atomic mass is 35.5. The second-order valence-corrected chi connectivity index (χ2v) is 5.01. The Labute approximate surface area is 137 Å². The Hall–Kier alpha value is -2.60. The molecule has 2 aromatic carbocycles. The topological polar surface area (TPSA) is 67.4 Å². The van der Waals surface area contributed by atoms with Crippen molar-refractivity contribution in [3.8, 4) is 5.75 Å². The zero-order chi connectivity index (χ0) is 16.8. The summed E-state index contributed by atoms with van der Waals surface area (Å²) < 4.78 is 18.6. The molecule has 2 N–H and O–H groups in total. The summed E-state index contributed by atoms with van der Waals surface area (Å²) >= 11 is 5.84. The Morgan fingerprint density at radius 1 is 1.13 bits per heavy atom. The summed E-state index contributed by atoms with van der Waals surface area (Å²) in [6.07, 6.45) is -0.283. The minimum atomic E-state index is -0.584. The minimum absolute atomic E-state index is 0.0744. The molecule has 5 nitrogen and oxygen atoms in total. The molecule has 0 aliphatic heterocycles. The van der Waals surface area contributed by atoms with Crippen LogP contribution in [0, 0.1) is 5.82 Å². The number of benzene rings is 2. The smallest absolute Gasteiger partial charge is 0.269 e. The monoisotopic (exact) mass is 336 g/mol. The van der Waals surface area contributed by atoms with Gasteiger partial charge in [0.25, 0.3) is 5.91 Å². The van der Waals surface area contributed by atoms with Crippen LogP contribution in [0.5, 0.6) is 5.75 Å². The zero-order valence-corrected chi connectivity index (χ0v) is 13.0. The summed E-state index contributed by atoms with van der Waals surface area (Å²) in [7, 11) is 1.52. The zero-order valence-electron chi connectivity index (χ0n) is 12.2. The van der Waals surface area contributed by atoms with Crippen molar-refractivity contribution in [3.05, 3.63) is 64.4 Å². The summed E-state index contributed by atoms with van der Waals surface area (Å²) in [6, 6.07) is 10.5. The quantitative estimate of drug-likeness (QED) is 0.843. The summed E-state index contributed by atoms with van der Waals surface area (Å²) in [4.78, 5) is 23.7. The van der Waals surface area contributed by atoms with Gasteiger partial charge in [-0.2, -0.15) is 0 Å². The van der Waals surface area contributed by atoms with Gasteiger partial charge in [-0.3, -0.25) is 20.4 Å². The SMILES string of the molecule is COc1ccc(C(=O)NNC(=O)Cc2c(F)cccc2Cl)cc1. The van der Waals surface area contributed by atoms with Crippen LogP contribution in [-0.4, -0.2) is 18.9 Å². The van der Waals surface area contributed by atoms with E-state index in [-0.39, 0.29) is 17.0 Å². The number of rotatable bonds is 4. The molecule has 0 atom stereocenters. The van der Waals surface area contributed by atoms with Gasteiger partial charge in [0.15, 0.2) is 0 Å². The van der Waals surface area contributed by atoms with Gasteiger partial charge in [0.1, 0.15) is 11.6 Å². The van der Waals surface area contributed by atoms with E-state index in [4.69, 9.17) is 16.3 Å². The summed E-state index contributed by atoms with van der Waals surface area (Å²) in [5, 5.41) is 0.154. The summed E-state index contributed by atoms with van der Waals surface area (Å²) in [5.41, 5.74) is 4.88. The number of carbonyl (C=O) groups is 2. The maximum absolute atomic E-state index is 13.6. The molecule has 0 aliphatic rings. The predicted molar refractivity (Wildman–Crippen MR) is 83.7 cm³/mol. The van der Waals surface area contributed by atoms with Gasteiger partial charge < -0.3 is 4.74 Å². The first-order chi connectivity index (χ1) is 11.0.